The van der Waals surface area contributed by atoms with Gasteiger partial charge in [-0.2, -0.15) is 0 Å². The number of carbonyl (C=O) groups excluding carboxylic acids is 2. The van der Waals surface area contributed by atoms with Crippen LogP contribution in [0.15, 0.2) is 48.5 Å². The van der Waals surface area contributed by atoms with Crippen LogP contribution in [0.2, 0.25) is 5.02 Å². The van der Waals surface area contributed by atoms with Crippen LogP contribution in [0.4, 0.5) is 0 Å². The molecule has 0 aliphatic rings. The number of ketones is 1. The summed E-state index contributed by atoms with van der Waals surface area (Å²) in [4.78, 5) is 24.1. The second kappa shape index (κ2) is 9.89. The Kier molecular flexibility index (Phi) is 8.20. The van der Waals surface area contributed by atoms with E-state index in [1.54, 1.807) is 43.3 Å². The van der Waals surface area contributed by atoms with Crippen molar-refractivity contribution >= 4 is 23.4 Å². The Bertz CT molecular complexity index is 678. The molecule has 2 aromatic carbocycles. The summed E-state index contributed by atoms with van der Waals surface area (Å²) in [6, 6.07) is 14.2. The second-order valence-electron chi connectivity index (χ2n) is 5.17. The summed E-state index contributed by atoms with van der Waals surface area (Å²) in [6.45, 7) is 7.53. The number of aryl methyl sites for hydroxylation is 1. The summed E-state index contributed by atoms with van der Waals surface area (Å²) in [5.74, 6) is -0.658. The van der Waals surface area contributed by atoms with Crippen LogP contribution in [-0.4, -0.2) is 17.9 Å². The molecule has 0 aliphatic heterocycles. The van der Waals surface area contributed by atoms with Crippen molar-refractivity contribution in [2.75, 3.05) is 0 Å². The van der Waals surface area contributed by atoms with Crippen molar-refractivity contribution in [2.24, 2.45) is 0 Å². The van der Waals surface area contributed by atoms with E-state index in [4.69, 9.17) is 16.3 Å². The molecule has 0 bridgehead atoms. The Morgan fingerprint density at radius 1 is 1.08 bits per heavy atom. The maximum Gasteiger partial charge on any atom is 0.310 e. The molecule has 0 heterocycles. The third kappa shape index (κ3) is 6.17. The zero-order valence-electron chi connectivity index (χ0n) is 14.5. The number of halogens is 1. The molecule has 2 aromatic rings. The Balaban J connectivity index is 0.00000139. The first kappa shape index (κ1) is 19.9. The minimum Gasteiger partial charge on any atom is -0.454 e. The average Bonchev–Trinajstić information content (AvgIpc) is 2.56. The summed E-state index contributed by atoms with van der Waals surface area (Å²) in [6.07, 6.45) is -0.721. The van der Waals surface area contributed by atoms with Crippen LogP contribution in [0, 0.1) is 6.92 Å². The number of ether oxygens (including phenoxy) is 1. The van der Waals surface area contributed by atoms with Gasteiger partial charge >= 0.3 is 5.97 Å². The standard InChI is InChI=1S/C18H17ClO3.C2H6/c1-12-6-8-15(9-7-12)18(21)13(2)22-17(20)11-14-4-3-5-16(19)10-14;1-2/h3-10,13H,11H2,1-2H3;1-2H3. The summed E-state index contributed by atoms with van der Waals surface area (Å²) in [5.41, 5.74) is 2.36. The normalized spacial score (nSPS) is 11.0. The number of carbonyl (C=O) groups is 2. The van der Waals surface area contributed by atoms with Crippen molar-refractivity contribution in [3.05, 3.63) is 70.2 Å². The second-order valence-corrected chi connectivity index (χ2v) is 5.61. The van der Waals surface area contributed by atoms with Crippen molar-refractivity contribution in [2.45, 2.75) is 40.2 Å². The fraction of sp³-hybridized carbons (Fsp3) is 0.300. The summed E-state index contributed by atoms with van der Waals surface area (Å²) in [7, 11) is 0. The van der Waals surface area contributed by atoms with Crippen molar-refractivity contribution < 1.29 is 14.3 Å². The van der Waals surface area contributed by atoms with E-state index < -0.39 is 12.1 Å². The first-order chi connectivity index (χ1) is 11.5. The van der Waals surface area contributed by atoms with Crippen LogP contribution < -0.4 is 0 Å². The smallest absolute Gasteiger partial charge is 0.310 e. The third-order valence-corrected chi connectivity index (χ3v) is 3.49. The molecule has 2 rings (SSSR count). The largest absolute Gasteiger partial charge is 0.454 e. The lowest BCUT2D eigenvalue weighted by atomic mass is 10.1. The number of benzene rings is 2. The van der Waals surface area contributed by atoms with E-state index in [2.05, 4.69) is 0 Å². The SMILES string of the molecule is CC.Cc1ccc(C(=O)C(C)OC(=O)Cc2cccc(Cl)c2)cc1. The van der Waals surface area contributed by atoms with Crippen LogP contribution >= 0.6 is 11.6 Å². The Morgan fingerprint density at radius 2 is 1.71 bits per heavy atom. The number of hydrogen-bond donors (Lipinski definition) is 0. The zero-order chi connectivity index (χ0) is 18.1. The van der Waals surface area contributed by atoms with Crippen LogP contribution in [0.5, 0.6) is 0 Å². The molecule has 0 aliphatic carbocycles. The molecule has 0 N–H and O–H groups in total. The fourth-order valence-corrected chi connectivity index (χ4v) is 2.27. The summed E-state index contributed by atoms with van der Waals surface area (Å²) < 4.78 is 5.21. The van der Waals surface area contributed by atoms with Crippen molar-refractivity contribution in [1.29, 1.82) is 0 Å². The molecule has 0 fully saturated rings. The molecular weight excluding hydrogens is 324 g/mol. The quantitative estimate of drug-likeness (QED) is 0.563. The molecule has 0 radical (unpaired) electrons. The first-order valence-corrected chi connectivity index (χ1v) is 8.38. The van der Waals surface area contributed by atoms with Crippen LogP contribution in [0.25, 0.3) is 0 Å². The molecule has 1 atom stereocenters. The van der Waals surface area contributed by atoms with Crippen LogP contribution in [0.3, 0.4) is 0 Å². The van der Waals surface area contributed by atoms with E-state index in [-0.39, 0.29) is 12.2 Å². The highest BCUT2D eigenvalue weighted by atomic mass is 35.5. The highest BCUT2D eigenvalue weighted by Crippen LogP contribution is 2.13. The molecule has 0 aromatic heterocycles. The summed E-state index contributed by atoms with van der Waals surface area (Å²) in [5, 5.41) is 0.564. The van der Waals surface area contributed by atoms with Gasteiger partial charge in [-0.3, -0.25) is 9.59 Å². The van der Waals surface area contributed by atoms with Gasteiger partial charge in [0.15, 0.2) is 6.10 Å². The van der Waals surface area contributed by atoms with E-state index in [1.165, 1.54) is 0 Å². The number of Topliss-reactive ketones (excluding diaryl/α,β-unsaturated/α-hetero) is 1. The zero-order valence-corrected chi connectivity index (χ0v) is 15.3. The lowest BCUT2D eigenvalue weighted by Gasteiger charge is -2.12. The first-order valence-electron chi connectivity index (χ1n) is 8.00. The van der Waals surface area contributed by atoms with Gasteiger partial charge in [0, 0.05) is 10.6 Å². The molecule has 24 heavy (non-hydrogen) atoms. The highest BCUT2D eigenvalue weighted by molar-refractivity contribution is 6.30. The van der Waals surface area contributed by atoms with Gasteiger partial charge in [-0.15, -0.1) is 0 Å². The van der Waals surface area contributed by atoms with Gasteiger partial charge < -0.3 is 4.74 Å². The van der Waals surface area contributed by atoms with E-state index in [0.29, 0.717) is 10.6 Å². The van der Waals surface area contributed by atoms with E-state index in [0.717, 1.165) is 11.1 Å². The predicted molar refractivity (Wildman–Crippen MR) is 97.6 cm³/mol. The third-order valence-electron chi connectivity index (χ3n) is 3.25. The van der Waals surface area contributed by atoms with Crippen molar-refractivity contribution in [3.63, 3.8) is 0 Å². The predicted octanol–water partition coefficient (Wildman–Crippen LogP) is 5.03. The van der Waals surface area contributed by atoms with E-state index in [1.807, 2.05) is 32.9 Å². The van der Waals surface area contributed by atoms with Crippen molar-refractivity contribution in [1.82, 2.24) is 0 Å². The molecule has 0 saturated carbocycles. The Morgan fingerprint density at radius 3 is 2.29 bits per heavy atom. The highest BCUT2D eigenvalue weighted by Gasteiger charge is 2.19. The monoisotopic (exact) mass is 346 g/mol. The van der Waals surface area contributed by atoms with Crippen LogP contribution in [0.1, 0.15) is 42.3 Å². The van der Waals surface area contributed by atoms with Crippen LogP contribution in [-0.2, 0) is 16.0 Å². The molecule has 0 amide bonds. The molecule has 4 heteroatoms. The lowest BCUT2D eigenvalue weighted by Crippen LogP contribution is -2.25. The maximum absolute atomic E-state index is 12.2. The molecule has 3 nitrogen and oxygen atoms in total. The number of hydrogen-bond acceptors (Lipinski definition) is 3. The molecule has 1 unspecified atom stereocenters. The fourth-order valence-electron chi connectivity index (χ4n) is 2.06. The summed E-state index contributed by atoms with van der Waals surface area (Å²) >= 11 is 5.87. The average molecular weight is 347 g/mol. The van der Waals surface area contributed by atoms with Crippen molar-refractivity contribution in [3.8, 4) is 0 Å². The maximum atomic E-state index is 12.2. The van der Waals surface area contributed by atoms with Gasteiger partial charge in [-0.25, -0.2) is 0 Å². The van der Waals surface area contributed by atoms with Gasteiger partial charge in [0.1, 0.15) is 0 Å². The molecular formula is C20H23ClO3. The van der Waals surface area contributed by atoms with Gasteiger partial charge in [-0.1, -0.05) is 67.4 Å². The molecule has 0 spiro atoms. The lowest BCUT2D eigenvalue weighted by molar-refractivity contribution is -0.145. The number of esters is 1. The van der Waals surface area contributed by atoms with E-state index in [9.17, 15) is 9.59 Å². The topological polar surface area (TPSA) is 43.4 Å². The minimum absolute atomic E-state index is 0.0894. The van der Waals surface area contributed by atoms with Gasteiger partial charge in [-0.05, 0) is 31.5 Å². The van der Waals surface area contributed by atoms with E-state index >= 15 is 0 Å². The molecule has 0 saturated heterocycles. The number of rotatable bonds is 5. The van der Waals surface area contributed by atoms with Gasteiger partial charge in [0.2, 0.25) is 5.78 Å². The Labute approximate surface area is 148 Å². The molecule has 128 valence electrons. The Hall–Kier alpha value is -2.13. The van der Waals surface area contributed by atoms with Gasteiger partial charge in [0.25, 0.3) is 0 Å². The van der Waals surface area contributed by atoms with Gasteiger partial charge in [0.05, 0.1) is 6.42 Å². The minimum atomic E-state index is -0.811.